The first-order valence-electron chi connectivity index (χ1n) is 11.3. The average Bonchev–Trinajstić information content (AvgIpc) is 3.28. The summed E-state index contributed by atoms with van der Waals surface area (Å²) >= 11 is 1.63. The number of fused-ring (bicyclic) bond motifs is 1. The van der Waals surface area contributed by atoms with E-state index < -0.39 is 9.84 Å². The van der Waals surface area contributed by atoms with Crippen molar-refractivity contribution in [1.29, 1.82) is 0 Å². The summed E-state index contributed by atoms with van der Waals surface area (Å²) in [5, 5.41) is 0.946. The van der Waals surface area contributed by atoms with Crippen LogP contribution in [0.1, 0.15) is 19.8 Å². The summed E-state index contributed by atoms with van der Waals surface area (Å²) < 4.78 is 36.8. The van der Waals surface area contributed by atoms with Gasteiger partial charge in [-0.1, -0.05) is 11.3 Å². The van der Waals surface area contributed by atoms with Crippen LogP contribution in [0.4, 0.5) is 5.13 Å². The number of benzene rings is 2. The van der Waals surface area contributed by atoms with Crippen molar-refractivity contribution in [3.8, 4) is 11.5 Å². The quantitative estimate of drug-likeness (QED) is 0.441. The van der Waals surface area contributed by atoms with E-state index in [0.29, 0.717) is 45.0 Å². The van der Waals surface area contributed by atoms with Crippen LogP contribution in [-0.2, 0) is 14.6 Å². The molecule has 182 valence electrons. The first-order chi connectivity index (χ1) is 16.4. The molecular formula is C24H29N3O5S2. The van der Waals surface area contributed by atoms with Crippen molar-refractivity contribution >= 4 is 42.4 Å². The predicted molar refractivity (Wildman–Crippen MR) is 134 cm³/mol. The number of hydrogen-bond acceptors (Lipinski definition) is 8. The molecule has 10 heteroatoms. The van der Waals surface area contributed by atoms with E-state index >= 15 is 0 Å². The molecule has 1 aliphatic heterocycles. The maximum absolute atomic E-state index is 12.7. The van der Waals surface area contributed by atoms with Gasteiger partial charge in [0.2, 0.25) is 5.91 Å². The number of anilines is 1. The van der Waals surface area contributed by atoms with Gasteiger partial charge in [0.1, 0.15) is 11.5 Å². The molecule has 8 nitrogen and oxygen atoms in total. The number of thiazole rings is 1. The van der Waals surface area contributed by atoms with E-state index in [9.17, 15) is 13.2 Å². The topological polar surface area (TPSA) is 89.0 Å². The molecular weight excluding hydrogens is 474 g/mol. The maximum Gasteiger partial charge on any atom is 0.222 e. The molecule has 1 aliphatic rings. The highest BCUT2D eigenvalue weighted by molar-refractivity contribution is 7.91. The molecule has 0 aliphatic carbocycles. The number of aromatic nitrogens is 1. The fraction of sp³-hybridized carbons (Fsp3) is 0.417. The minimum atomic E-state index is -3.43. The number of sulfone groups is 1. The highest BCUT2D eigenvalue weighted by Crippen LogP contribution is 2.32. The predicted octanol–water partition coefficient (Wildman–Crippen LogP) is 3.61. The van der Waals surface area contributed by atoms with Crippen molar-refractivity contribution in [3.05, 3.63) is 42.5 Å². The van der Waals surface area contributed by atoms with E-state index in [1.54, 1.807) is 23.5 Å². The van der Waals surface area contributed by atoms with E-state index in [1.807, 2.05) is 30.0 Å². The molecule has 0 bridgehead atoms. The lowest BCUT2D eigenvalue weighted by molar-refractivity contribution is -0.131. The Bertz CT molecular complexity index is 1230. The minimum absolute atomic E-state index is 0.00441. The Labute approximate surface area is 204 Å². The Balaban J connectivity index is 1.27. The molecule has 1 fully saturated rings. The zero-order chi connectivity index (χ0) is 24.1. The van der Waals surface area contributed by atoms with E-state index in [0.717, 1.165) is 21.1 Å². The number of carbonyl (C=O) groups is 1. The Kier molecular flexibility index (Phi) is 7.57. The van der Waals surface area contributed by atoms with E-state index in [4.69, 9.17) is 14.5 Å². The van der Waals surface area contributed by atoms with Gasteiger partial charge in [-0.25, -0.2) is 13.4 Å². The number of rotatable bonds is 9. The zero-order valence-corrected chi connectivity index (χ0v) is 21.0. The third-order valence-corrected chi connectivity index (χ3v) is 8.68. The monoisotopic (exact) mass is 503 g/mol. The van der Waals surface area contributed by atoms with Gasteiger partial charge in [-0.3, -0.25) is 4.79 Å². The molecule has 0 N–H and O–H groups in total. The summed E-state index contributed by atoms with van der Waals surface area (Å²) in [6.45, 7) is 5.19. The number of amides is 1. The second-order valence-corrected chi connectivity index (χ2v) is 11.1. The highest BCUT2D eigenvalue weighted by atomic mass is 32.2. The number of ether oxygens (including phenoxy) is 2. The molecule has 0 unspecified atom stereocenters. The summed E-state index contributed by atoms with van der Waals surface area (Å²) in [6, 6.07) is 12.2. The van der Waals surface area contributed by atoms with Gasteiger partial charge in [-0.2, -0.15) is 0 Å². The van der Waals surface area contributed by atoms with Gasteiger partial charge in [0.25, 0.3) is 0 Å². The van der Waals surface area contributed by atoms with Gasteiger partial charge >= 0.3 is 0 Å². The Morgan fingerprint density at radius 1 is 1.06 bits per heavy atom. The van der Waals surface area contributed by atoms with Crippen molar-refractivity contribution in [2.24, 2.45) is 0 Å². The van der Waals surface area contributed by atoms with Crippen LogP contribution < -0.4 is 14.4 Å². The minimum Gasteiger partial charge on any atom is -0.497 e. The van der Waals surface area contributed by atoms with E-state index in [2.05, 4.69) is 4.90 Å². The fourth-order valence-electron chi connectivity index (χ4n) is 3.90. The third kappa shape index (κ3) is 5.61. The van der Waals surface area contributed by atoms with Crippen molar-refractivity contribution < 1.29 is 22.7 Å². The number of methoxy groups -OCH3 is 1. The largest absolute Gasteiger partial charge is 0.497 e. The molecule has 0 radical (unpaired) electrons. The van der Waals surface area contributed by atoms with Crippen LogP contribution in [-0.4, -0.2) is 69.9 Å². The molecule has 1 saturated heterocycles. The maximum atomic E-state index is 12.7. The summed E-state index contributed by atoms with van der Waals surface area (Å²) in [4.78, 5) is 21.7. The number of hydrogen-bond donors (Lipinski definition) is 0. The lowest BCUT2D eigenvalue weighted by Gasteiger charge is -2.34. The van der Waals surface area contributed by atoms with Gasteiger partial charge in [0, 0.05) is 32.6 Å². The smallest absolute Gasteiger partial charge is 0.222 e. The van der Waals surface area contributed by atoms with Crippen LogP contribution in [0.2, 0.25) is 0 Å². The molecule has 1 amide bonds. The molecule has 3 aromatic rings. The van der Waals surface area contributed by atoms with Crippen LogP contribution in [0, 0.1) is 0 Å². The SMILES string of the molecule is CCOc1ccc2nc(N3CCN(C(=O)CCCS(=O)(=O)c4ccc(OC)cc4)CC3)sc2c1. The summed E-state index contributed by atoms with van der Waals surface area (Å²) in [7, 11) is -1.89. The van der Waals surface area contributed by atoms with Crippen LogP contribution >= 0.6 is 11.3 Å². The molecule has 0 spiro atoms. The van der Waals surface area contributed by atoms with Gasteiger partial charge in [0.15, 0.2) is 15.0 Å². The molecule has 34 heavy (non-hydrogen) atoms. The summed E-state index contributed by atoms with van der Waals surface area (Å²) in [5.41, 5.74) is 0.944. The number of carbonyl (C=O) groups excluding carboxylic acids is 1. The molecule has 4 rings (SSSR count). The van der Waals surface area contributed by atoms with E-state index in [1.165, 1.54) is 19.2 Å². The third-order valence-electron chi connectivity index (χ3n) is 5.78. The fourth-order valence-corrected chi connectivity index (χ4v) is 6.26. The van der Waals surface area contributed by atoms with Gasteiger partial charge < -0.3 is 19.3 Å². The number of piperazine rings is 1. The van der Waals surface area contributed by atoms with Crippen LogP contribution in [0.5, 0.6) is 11.5 Å². The van der Waals surface area contributed by atoms with Crippen molar-refractivity contribution in [3.63, 3.8) is 0 Å². The first kappa shape index (κ1) is 24.3. The number of nitrogens with zero attached hydrogens (tertiary/aromatic N) is 3. The van der Waals surface area contributed by atoms with Gasteiger partial charge in [-0.05, 0) is 55.8 Å². The molecule has 0 saturated carbocycles. The normalized spacial score (nSPS) is 14.4. The standard InChI is InChI=1S/C24H29N3O5S2/c1-3-32-19-8-11-21-22(17-19)33-24(25-21)27-14-12-26(13-15-27)23(28)5-4-16-34(29,30)20-9-6-18(31-2)7-10-20/h6-11,17H,3-5,12-16H2,1-2H3. The second kappa shape index (κ2) is 10.6. The van der Waals surface area contributed by atoms with Crippen molar-refractivity contribution in [2.45, 2.75) is 24.7 Å². The van der Waals surface area contributed by atoms with E-state index in [-0.39, 0.29) is 23.0 Å². The van der Waals surface area contributed by atoms with Crippen molar-refractivity contribution in [2.75, 3.05) is 50.5 Å². The zero-order valence-electron chi connectivity index (χ0n) is 19.4. The Hall–Kier alpha value is -2.85. The Morgan fingerprint density at radius 3 is 2.44 bits per heavy atom. The van der Waals surface area contributed by atoms with Gasteiger partial charge in [-0.15, -0.1) is 0 Å². The Morgan fingerprint density at radius 2 is 1.76 bits per heavy atom. The molecule has 1 aromatic heterocycles. The lowest BCUT2D eigenvalue weighted by Crippen LogP contribution is -2.48. The highest BCUT2D eigenvalue weighted by Gasteiger charge is 2.24. The first-order valence-corrected chi connectivity index (χ1v) is 13.8. The summed E-state index contributed by atoms with van der Waals surface area (Å²) in [5.74, 6) is 1.39. The van der Waals surface area contributed by atoms with Crippen LogP contribution in [0.3, 0.4) is 0 Å². The average molecular weight is 504 g/mol. The summed E-state index contributed by atoms with van der Waals surface area (Å²) in [6.07, 6.45) is 0.518. The van der Waals surface area contributed by atoms with Crippen molar-refractivity contribution in [1.82, 2.24) is 9.88 Å². The van der Waals surface area contributed by atoms with Gasteiger partial charge in [0.05, 0.1) is 34.6 Å². The second-order valence-electron chi connectivity index (χ2n) is 8.02. The molecule has 2 aromatic carbocycles. The lowest BCUT2D eigenvalue weighted by atomic mass is 10.2. The molecule has 0 atom stereocenters. The van der Waals surface area contributed by atoms with Crippen LogP contribution in [0.15, 0.2) is 47.4 Å². The van der Waals surface area contributed by atoms with Crippen LogP contribution in [0.25, 0.3) is 10.2 Å². The molecule has 2 heterocycles.